The van der Waals surface area contributed by atoms with Gasteiger partial charge in [-0.25, -0.2) is 0 Å². The van der Waals surface area contributed by atoms with Gasteiger partial charge in [-0.05, 0) is 25.0 Å². The molecule has 1 aromatic carbocycles. The van der Waals surface area contributed by atoms with Gasteiger partial charge in [0.2, 0.25) is 5.91 Å². The number of hydrogen-bond donors (Lipinski definition) is 1. The molecule has 7 heteroatoms. The van der Waals surface area contributed by atoms with Gasteiger partial charge in [0.15, 0.2) is 0 Å². The highest BCUT2D eigenvalue weighted by Crippen LogP contribution is 2.25. The third kappa shape index (κ3) is 6.67. The number of nitrogens with zero attached hydrogens (tertiary/aromatic N) is 1. The molecule has 0 radical (unpaired) electrons. The van der Waals surface area contributed by atoms with Crippen LogP contribution < -0.4 is 4.74 Å². The minimum Gasteiger partial charge on any atom is -0.497 e. The molecule has 1 saturated heterocycles. The van der Waals surface area contributed by atoms with E-state index in [4.69, 9.17) is 33.0 Å². The van der Waals surface area contributed by atoms with Gasteiger partial charge in [-0.15, -0.1) is 0 Å². The molecule has 128 valence electrons. The van der Waals surface area contributed by atoms with E-state index in [0.717, 1.165) is 31.7 Å². The van der Waals surface area contributed by atoms with Crippen LogP contribution in [0.1, 0.15) is 26.2 Å². The Morgan fingerprint density at radius 3 is 2.35 bits per heavy atom. The Hall–Kier alpha value is -1.46. The van der Waals surface area contributed by atoms with E-state index in [1.807, 2.05) is 0 Å². The molecule has 0 aliphatic carbocycles. The Morgan fingerprint density at radius 1 is 1.26 bits per heavy atom. The van der Waals surface area contributed by atoms with Crippen LogP contribution in [-0.2, 0) is 9.59 Å². The number of rotatable bonds is 4. The second-order valence-electron chi connectivity index (χ2n) is 5.31. The smallest absolute Gasteiger partial charge is 0.306 e. The molecule has 0 aromatic heterocycles. The van der Waals surface area contributed by atoms with Crippen molar-refractivity contribution in [1.82, 2.24) is 4.90 Å². The van der Waals surface area contributed by atoms with E-state index in [1.54, 1.807) is 37.1 Å². The normalized spacial score (nSPS) is 14.7. The lowest BCUT2D eigenvalue weighted by Crippen LogP contribution is -2.30. The number of ether oxygens (including phenoxy) is 1. The lowest BCUT2D eigenvalue weighted by Gasteiger charge is -2.16. The zero-order chi connectivity index (χ0) is 17.4. The van der Waals surface area contributed by atoms with Crippen LogP contribution in [0.5, 0.6) is 5.75 Å². The van der Waals surface area contributed by atoms with Crippen molar-refractivity contribution in [1.29, 1.82) is 0 Å². The first kappa shape index (κ1) is 19.6. The molecule has 0 spiro atoms. The molecule has 1 aromatic rings. The molecule has 0 saturated carbocycles. The Bertz CT molecular complexity index is 545. The molecular weight excluding hydrogens is 341 g/mol. The average Bonchev–Trinajstić information content (AvgIpc) is 3.05. The first-order chi connectivity index (χ1) is 10.8. The van der Waals surface area contributed by atoms with Gasteiger partial charge in [-0.2, -0.15) is 0 Å². The van der Waals surface area contributed by atoms with E-state index in [9.17, 15) is 9.59 Å². The summed E-state index contributed by atoms with van der Waals surface area (Å²) in [7, 11) is 1.58. The molecular formula is C16H21Cl2NO4. The number of carboxylic acid groups (broad SMARTS) is 1. The number of aliphatic carboxylic acids is 1. The standard InChI is InChI=1S/C9H15NO3.C7H6Cl2O/c1-7(9(12)13)6-8(11)10-4-2-3-5-10;1-10-5-2-3-6(8)7(9)4-5/h7H,2-6H2,1H3,(H,12,13);2-4H,1H3. The van der Waals surface area contributed by atoms with Crippen LogP contribution >= 0.6 is 23.2 Å². The van der Waals surface area contributed by atoms with Gasteiger partial charge < -0.3 is 14.7 Å². The third-order valence-electron chi connectivity index (χ3n) is 3.49. The van der Waals surface area contributed by atoms with Gasteiger partial charge >= 0.3 is 5.97 Å². The second kappa shape index (κ2) is 9.63. The van der Waals surface area contributed by atoms with Crippen LogP contribution in [0.3, 0.4) is 0 Å². The van der Waals surface area contributed by atoms with Gasteiger partial charge in [0.1, 0.15) is 5.75 Å². The fraction of sp³-hybridized carbons (Fsp3) is 0.500. The summed E-state index contributed by atoms with van der Waals surface area (Å²) in [6, 6.07) is 5.13. The maximum Gasteiger partial charge on any atom is 0.306 e. The predicted molar refractivity (Wildman–Crippen MR) is 90.2 cm³/mol. The monoisotopic (exact) mass is 361 g/mol. The van der Waals surface area contributed by atoms with Crippen LogP contribution in [0, 0.1) is 5.92 Å². The van der Waals surface area contributed by atoms with Gasteiger partial charge in [0.05, 0.1) is 23.1 Å². The van der Waals surface area contributed by atoms with E-state index in [2.05, 4.69) is 0 Å². The number of benzene rings is 1. The number of amides is 1. The third-order valence-corrected chi connectivity index (χ3v) is 4.23. The number of likely N-dealkylation sites (tertiary alicyclic amines) is 1. The highest BCUT2D eigenvalue weighted by Gasteiger charge is 2.22. The Kier molecular flexibility index (Phi) is 8.20. The van der Waals surface area contributed by atoms with Crippen molar-refractivity contribution in [2.24, 2.45) is 5.92 Å². The fourth-order valence-corrected chi connectivity index (χ4v) is 2.34. The quantitative estimate of drug-likeness (QED) is 0.887. The van der Waals surface area contributed by atoms with Gasteiger partial charge in [0.25, 0.3) is 0 Å². The van der Waals surface area contributed by atoms with Gasteiger partial charge in [0, 0.05) is 25.6 Å². The maximum atomic E-state index is 11.4. The van der Waals surface area contributed by atoms with Gasteiger partial charge in [-0.3, -0.25) is 9.59 Å². The first-order valence-electron chi connectivity index (χ1n) is 7.34. The minimum absolute atomic E-state index is 0.0209. The number of carbonyl (C=O) groups excluding carboxylic acids is 1. The van der Waals surface area contributed by atoms with E-state index in [0.29, 0.717) is 10.0 Å². The second-order valence-corrected chi connectivity index (χ2v) is 6.13. The molecule has 1 aliphatic heterocycles. The summed E-state index contributed by atoms with van der Waals surface area (Å²) in [6.45, 7) is 3.16. The molecule has 1 heterocycles. The zero-order valence-electron chi connectivity index (χ0n) is 13.2. The molecule has 1 unspecified atom stereocenters. The Morgan fingerprint density at radius 2 is 1.87 bits per heavy atom. The highest BCUT2D eigenvalue weighted by atomic mass is 35.5. The predicted octanol–water partition coefficient (Wildman–Crippen LogP) is 3.72. The summed E-state index contributed by atoms with van der Waals surface area (Å²) in [5, 5.41) is 9.66. The summed E-state index contributed by atoms with van der Waals surface area (Å²) in [6.07, 6.45) is 2.23. The Balaban J connectivity index is 0.000000238. The maximum absolute atomic E-state index is 11.4. The van der Waals surface area contributed by atoms with E-state index >= 15 is 0 Å². The van der Waals surface area contributed by atoms with Crippen molar-refractivity contribution >= 4 is 35.1 Å². The first-order valence-corrected chi connectivity index (χ1v) is 8.10. The van der Waals surface area contributed by atoms with Crippen molar-refractivity contribution in [3.63, 3.8) is 0 Å². The number of halogens is 2. The van der Waals surface area contributed by atoms with Crippen molar-refractivity contribution in [3.05, 3.63) is 28.2 Å². The summed E-state index contributed by atoms with van der Waals surface area (Å²) >= 11 is 11.3. The SMILES string of the molecule is CC(CC(=O)N1CCCC1)C(=O)O.COc1ccc(Cl)c(Cl)c1. The summed E-state index contributed by atoms with van der Waals surface area (Å²) in [4.78, 5) is 23.7. The van der Waals surface area contributed by atoms with Crippen LogP contribution in [0.25, 0.3) is 0 Å². The molecule has 1 fully saturated rings. The molecule has 0 bridgehead atoms. The van der Waals surface area contributed by atoms with E-state index < -0.39 is 11.9 Å². The highest BCUT2D eigenvalue weighted by molar-refractivity contribution is 6.42. The van der Waals surface area contributed by atoms with Crippen LogP contribution in [-0.4, -0.2) is 42.1 Å². The van der Waals surface area contributed by atoms with E-state index in [-0.39, 0.29) is 12.3 Å². The zero-order valence-corrected chi connectivity index (χ0v) is 14.7. The van der Waals surface area contributed by atoms with Crippen LogP contribution in [0.2, 0.25) is 10.0 Å². The number of carbonyl (C=O) groups is 2. The number of hydrogen-bond acceptors (Lipinski definition) is 3. The van der Waals surface area contributed by atoms with Crippen molar-refractivity contribution in [2.75, 3.05) is 20.2 Å². The Labute approximate surface area is 146 Å². The molecule has 1 aliphatic rings. The number of methoxy groups -OCH3 is 1. The summed E-state index contributed by atoms with van der Waals surface area (Å²) in [5.41, 5.74) is 0. The van der Waals surface area contributed by atoms with Crippen molar-refractivity contribution < 1.29 is 19.4 Å². The average molecular weight is 362 g/mol. The van der Waals surface area contributed by atoms with Crippen LogP contribution in [0.4, 0.5) is 0 Å². The van der Waals surface area contributed by atoms with E-state index in [1.165, 1.54) is 0 Å². The molecule has 1 atom stereocenters. The fourth-order valence-electron chi connectivity index (χ4n) is 2.05. The molecule has 2 rings (SSSR count). The number of carboxylic acids is 1. The van der Waals surface area contributed by atoms with Crippen molar-refractivity contribution in [3.8, 4) is 5.75 Å². The lowest BCUT2D eigenvalue weighted by molar-refractivity contribution is -0.145. The summed E-state index contributed by atoms with van der Waals surface area (Å²) in [5.74, 6) is -0.762. The lowest BCUT2D eigenvalue weighted by atomic mass is 10.1. The largest absolute Gasteiger partial charge is 0.497 e. The molecule has 5 nitrogen and oxygen atoms in total. The van der Waals surface area contributed by atoms with Crippen molar-refractivity contribution in [2.45, 2.75) is 26.2 Å². The topological polar surface area (TPSA) is 66.8 Å². The van der Waals surface area contributed by atoms with Gasteiger partial charge in [-0.1, -0.05) is 30.1 Å². The molecule has 1 N–H and O–H groups in total. The van der Waals surface area contributed by atoms with Crippen LogP contribution in [0.15, 0.2) is 18.2 Å². The minimum atomic E-state index is -0.896. The molecule has 1 amide bonds. The summed E-state index contributed by atoms with van der Waals surface area (Å²) < 4.78 is 4.91. The molecule has 23 heavy (non-hydrogen) atoms.